The number of benzene rings is 1. The van der Waals surface area contributed by atoms with Crippen molar-refractivity contribution >= 4 is 11.4 Å². The maximum absolute atomic E-state index is 13.2. The van der Waals surface area contributed by atoms with Crippen LogP contribution in [0.2, 0.25) is 0 Å². The van der Waals surface area contributed by atoms with Crippen molar-refractivity contribution in [3.63, 3.8) is 0 Å². The summed E-state index contributed by atoms with van der Waals surface area (Å²) in [7, 11) is 0. The van der Waals surface area contributed by atoms with Crippen LogP contribution in [-0.4, -0.2) is 35.4 Å². The molecule has 1 aromatic rings. The van der Waals surface area contributed by atoms with Gasteiger partial charge in [0.15, 0.2) is 0 Å². The summed E-state index contributed by atoms with van der Waals surface area (Å²) < 4.78 is 18.4. The molecule has 1 heterocycles. The lowest BCUT2D eigenvalue weighted by molar-refractivity contribution is -0.385. The van der Waals surface area contributed by atoms with Crippen molar-refractivity contribution in [2.45, 2.75) is 18.4 Å². The van der Waals surface area contributed by atoms with Gasteiger partial charge in [0, 0.05) is 44.4 Å². The highest BCUT2D eigenvalue weighted by Gasteiger charge is 2.29. The highest BCUT2D eigenvalue weighted by atomic mass is 19.1. The lowest BCUT2D eigenvalue weighted by atomic mass is 9.94. The number of nitrogens with zero attached hydrogens (tertiary/aromatic N) is 1. The maximum atomic E-state index is 13.2. The fraction of sp³-hybridized carbons (Fsp3) is 0.500. The van der Waals surface area contributed by atoms with Crippen LogP contribution in [0.4, 0.5) is 15.8 Å². The number of nitrogens with one attached hydrogen (secondary N) is 1. The summed E-state index contributed by atoms with van der Waals surface area (Å²) in [6.07, 6.45) is 0.967. The number of non-ortho nitro benzene ring substituents is 1. The van der Waals surface area contributed by atoms with E-state index in [2.05, 4.69) is 5.32 Å². The molecule has 19 heavy (non-hydrogen) atoms. The van der Waals surface area contributed by atoms with Crippen molar-refractivity contribution in [2.24, 2.45) is 0 Å². The van der Waals surface area contributed by atoms with Crippen LogP contribution >= 0.6 is 0 Å². The van der Waals surface area contributed by atoms with Gasteiger partial charge in [-0.2, -0.15) is 0 Å². The van der Waals surface area contributed by atoms with E-state index >= 15 is 0 Å². The second-order valence-electron chi connectivity index (χ2n) is 4.65. The molecular weight excluding hydrogens is 255 g/mol. The van der Waals surface area contributed by atoms with Crippen molar-refractivity contribution in [1.82, 2.24) is 0 Å². The minimum atomic E-state index is -0.917. The number of hydrogen-bond acceptors (Lipinski definition) is 5. The zero-order valence-corrected chi connectivity index (χ0v) is 10.3. The molecule has 0 unspecified atom stereocenters. The molecule has 0 bridgehead atoms. The SMILES string of the molecule is O=[N+]([O-])c1cc(F)cc(NCC2(O)CCOCC2)c1. The van der Waals surface area contributed by atoms with Crippen LogP contribution in [0.3, 0.4) is 0 Å². The number of aliphatic hydroxyl groups is 1. The molecular formula is C12H15FN2O4. The predicted octanol–water partition coefficient (Wildman–Crippen LogP) is 1.69. The predicted molar refractivity (Wildman–Crippen MR) is 66.5 cm³/mol. The molecule has 7 heteroatoms. The molecule has 1 saturated heterocycles. The van der Waals surface area contributed by atoms with E-state index in [1.54, 1.807) is 0 Å². The molecule has 0 aromatic heterocycles. The Hall–Kier alpha value is -1.73. The first kappa shape index (κ1) is 13.7. The van der Waals surface area contributed by atoms with Gasteiger partial charge in [0.2, 0.25) is 0 Å². The summed E-state index contributed by atoms with van der Waals surface area (Å²) in [5.41, 5.74) is -0.951. The number of hydrogen-bond donors (Lipinski definition) is 2. The Balaban J connectivity index is 2.04. The van der Waals surface area contributed by atoms with Crippen LogP contribution in [0.5, 0.6) is 0 Å². The van der Waals surface area contributed by atoms with Crippen molar-refractivity contribution in [1.29, 1.82) is 0 Å². The Morgan fingerprint density at radius 1 is 1.42 bits per heavy atom. The van der Waals surface area contributed by atoms with E-state index in [1.165, 1.54) is 6.07 Å². The second kappa shape index (κ2) is 5.50. The average Bonchev–Trinajstić information content (AvgIpc) is 2.37. The number of nitro benzene ring substituents is 1. The Bertz CT molecular complexity index is 475. The zero-order valence-electron chi connectivity index (χ0n) is 10.3. The maximum Gasteiger partial charge on any atom is 0.274 e. The molecule has 1 aliphatic heterocycles. The molecule has 0 saturated carbocycles. The first-order valence-electron chi connectivity index (χ1n) is 5.97. The first-order valence-corrected chi connectivity index (χ1v) is 5.97. The van der Waals surface area contributed by atoms with Gasteiger partial charge in [0.1, 0.15) is 5.82 Å². The third-order valence-electron chi connectivity index (χ3n) is 3.14. The van der Waals surface area contributed by atoms with E-state index in [1.807, 2.05) is 0 Å². The monoisotopic (exact) mass is 270 g/mol. The molecule has 2 N–H and O–H groups in total. The van der Waals surface area contributed by atoms with Crippen LogP contribution in [0.1, 0.15) is 12.8 Å². The standard InChI is InChI=1S/C12H15FN2O4/c13-9-5-10(7-11(6-9)15(17)18)14-8-12(16)1-3-19-4-2-12/h5-7,14,16H,1-4,8H2. The number of halogens is 1. The molecule has 104 valence electrons. The Morgan fingerprint density at radius 3 is 2.74 bits per heavy atom. The quantitative estimate of drug-likeness (QED) is 0.642. The summed E-state index contributed by atoms with van der Waals surface area (Å²) in [4.78, 5) is 9.96. The molecule has 0 amide bonds. The molecule has 0 aliphatic carbocycles. The second-order valence-corrected chi connectivity index (χ2v) is 4.65. The van der Waals surface area contributed by atoms with Gasteiger partial charge in [-0.05, 0) is 6.07 Å². The van der Waals surface area contributed by atoms with E-state index in [0.29, 0.717) is 26.1 Å². The van der Waals surface area contributed by atoms with Crippen LogP contribution in [0.25, 0.3) is 0 Å². The van der Waals surface area contributed by atoms with Gasteiger partial charge in [-0.3, -0.25) is 10.1 Å². The lowest BCUT2D eigenvalue weighted by Crippen LogP contribution is -2.42. The van der Waals surface area contributed by atoms with E-state index in [4.69, 9.17) is 4.74 Å². The smallest absolute Gasteiger partial charge is 0.274 e. The van der Waals surface area contributed by atoms with E-state index < -0.39 is 16.3 Å². The average molecular weight is 270 g/mol. The van der Waals surface area contributed by atoms with E-state index in [-0.39, 0.29) is 17.9 Å². The van der Waals surface area contributed by atoms with Crippen LogP contribution in [-0.2, 0) is 4.74 Å². The van der Waals surface area contributed by atoms with Crippen LogP contribution in [0.15, 0.2) is 18.2 Å². The van der Waals surface area contributed by atoms with Crippen molar-refractivity contribution in [3.05, 3.63) is 34.1 Å². The number of ether oxygens (including phenoxy) is 1. The zero-order chi connectivity index (χ0) is 13.9. The van der Waals surface area contributed by atoms with Gasteiger partial charge >= 0.3 is 0 Å². The molecule has 2 rings (SSSR count). The normalized spacial score (nSPS) is 18.0. The van der Waals surface area contributed by atoms with Gasteiger partial charge in [0.25, 0.3) is 5.69 Å². The molecule has 1 fully saturated rings. The summed E-state index contributed by atoms with van der Waals surface area (Å²) in [6.45, 7) is 1.15. The molecule has 0 radical (unpaired) electrons. The largest absolute Gasteiger partial charge is 0.388 e. The Labute approximate surface area is 109 Å². The number of anilines is 1. The van der Waals surface area contributed by atoms with Gasteiger partial charge in [-0.1, -0.05) is 0 Å². The fourth-order valence-electron chi connectivity index (χ4n) is 1.98. The molecule has 1 aliphatic rings. The van der Waals surface area contributed by atoms with Crippen molar-refractivity contribution in [2.75, 3.05) is 25.1 Å². The molecule has 0 atom stereocenters. The van der Waals surface area contributed by atoms with Gasteiger partial charge < -0.3 is 15.2 Å². The summed E-state index contributed by atoms with van der Waals surface area (Å²) in [6, 6.07) is 3.26. The van der Waals surface area contributed by atoms with Gasteiger partial charge in [0.05, 0.1) is 16.6 Å². The van der Waals surface area contributed by atoms with E-state index in [0.717, 1.165) is 12.1 Å². The van der Waals surface area contributed by atoms with Crippen molar-refractivity contribution in [3.8, 4) is 0 Å². The number of nitro groups is 1. The van der Waals surface area contributed by atoms with Gasteiger partial charge in [-0.25, -0.2) is 4.39 Å². The van der Waals surface area contributed by atoms with Gasteiger partial charge in [-0.15, -0.1) is 0 Å². The third-order valence-corrected chi connectivity index (χ3v) is 3.14. The minimum Gasteiger partial charge on any atom is -0.388 e. The molecule has 0 spiro atoms. The first-order chi connectivity index (χ1) is 8.98. The topological polar surface area (TPSA) is 84.6 Å². The lowest BCUT2D eigenvalue weighted by Gasteiger charge is -2.32. The van der Waals surface area contributed by atoms with Crippen molar-refractivity contribution < 1.29 is 19.2 Å². The van der Waals surface area contributed by atoms with E-state index in [9.17, 15) is 19.6 Å². The Morgan fingerprint density at radius 2 is 2.11 bits per heavy atom. The summed E-state index contributed by atoms with van der Waals surface area (Å²) >= 11 is 0. The molecule has 6 nitrogen and oxygen atoms in total. The third kappa shape index (κ3) is 3.62. The summed E-state index contributed by atoms with van der Waals surface area (Å²) in [5.74, 6) is -0.685. The highest BCUT2D eigenvalue weighted by Crippen LogP contribution is 2.24. The highest BCUT2D eigenvalue weighted by molar-refractivity contribution is 5.51. The Kier molecular flexibility index (Phi) is 3.96. The van der Waals surface area contributed by atoms with Crippen LogP contribution < -0.4 is 5.32 Å². The summed E-state index contributed by atoms with van der Waals surface area (Å²) in [5, 5.41) is 23.7. The molecule has 1 aromatic carbocycles. The van der Waals surface area contributed by atoms with Crippen LogP contribution in [0, 0.1) is 15.9 Å². The number of rotatable bonds is 4. The minimum absolute atomic E-state index is 0.205. The fourth-order valence-corrected chi connectivity index (χ4v) is 1.98.